The van der Waals surface area contributed by atoms with E-state index >= 15 is 0 Å². The number of nitrogens with one attached hydrogen (secondary N) is 1. The Labute approximate surface area is 67.5 Å². The van der Waals surface area contributed by atoms with Crippen LogP contribution in [0.5, 0.6) is 0 Å². The van der Waals surface area contributed by atoms with Crippen molar-refractivity contribution in [2.75, 3.05) is 19.6 Å². The van der Waals surface area contributed by atoms with Crippen molar-refractivity contribution in [1.29, 1.82) is 0 Å². The Morgan fingerprint density at radius 2 is 2.50 bits per heavy atom. The quantitative estimate of drug-likeness (QED) is 0.500. The monoisotopic (exact) mass is 158 g/mol. The molecule has 2 atom stereocenters. The van der Waals surface area contributed by atoms with E-state index in [9.17, 15) is 0 Å². The average molecular weight is 158 g/mol. The van der Waals surface area contributed by atoms with Gasteiger partial charge in [-0.15, -0.1) is 0 Å². The first-order chi connectivity index (χ1) is 4.71. The standard InChI is InChI=1S/C7H14N2S/c1-7-5-9(10)4-6(7)2-3-8-7/h6,8,10H,2-5H2,1H3. The second-order valence-corrected chi connectivity index (χ2v) is 4.24. The van der Waals surface area contributed by atoms with Gasteiger partial charge in [0.15, 0.2) is 0 Å². The number of rotatable bonds is 0. The van der Waals surface area contributed by atoms with Crippen molar-refractivity contribution in [2.24, 2.45) is 5.92 Å². The Bertz CT molecular complexity index is 151. The highest BCUT2D eigenvalue weighted by atomic mass is 32.1. The van der Waals surface area contributed by atoms with Crippen molar-refractivity contribution in [1.82, 2.24) is 9.62 Å². The maximum Gasteiger partial charge on any atom is 0.0331 e. The zero-order valence-corrected chi connectivity index (χ0v) is 7.19. The molecule has 0 amide bonds. The minimum Gasteiger partial charge on any atom is -0.310 e. The van der Waals surface area contributed by atoms with Gasteiger partial charge in [-0.3, -0.25) is 4.31 Å². The van der Waals surface area contributed by atoms with Crippen LogP contribution in [-0.4, -0.2) is 29.5 Å². The molecule has 58 valence electrons. The van der Waals surface area contributed by atoms with Crippen LogP contribution in [0.25, 0.3) is 0 Å². The summed E-state index contributed by atoms with van der Waals surface area (Å²) in [7, 11) is 0. The molecule has 2 nitrogen and oxygen atoms in total. The summed E-state index contributed by atoms with van der Waals surface area (Å²) in [4.78, 5) is 0. The molecule has 2 fully saturated rings. The summed E-state index contributed by atoms with van der Waals surface area (Å²) in [6.45, 7) is 5.76. The van der Waals surface area contributed by atoms with E-state index in [-0.39, 0.29) is 0 Å². The fourth-order valence-electron chi connectivity index (χ4n) is 2.17. The van der Waals surface area contributed by atoms with E-state index in [1.165, 1.54) is 13.0 Å². The van der Waals surface area contributed by atoms with Crippen LogP contribution in [0.2, 0.25) is 0 Å². The van der Waals surface area contributed by atoms with Gasteiger partial charge in [0, 0.05) is 18.6 Å². The highest BCUT2D eigenvalue weighted by Gasteiger charge is 2.44. The third kappa shape index (κ3) is 0.881. The molecular formula is C7H14N2S. The molecular weight excluding hydrogens is 144 g/mol. The molecule has 2 heterocycles. The topological polar surface area (TPSA) is 15.3 Å². The molecule has 0 aliphatic carbocycles. The van der Waals surface area contributed by atoms with Crippen molar-refractivity contribution < 1.29 is 0 Å². The molecule has 0 radical (unpaired) electrons. The fraction of sp³-hybridized carbons (Fsp3) is 1.00. The first-order valence-corrected chi connectivity index (χ1v) is 4.29. The Morgan fingerprint density at radius 3 is 3.20 bits per heavy atom. The minimum absolute atomic E-state index is 0.377. The molecule has 0 aromatic heterocycles. The number of nitrogens with zero attached hydrogens (tertiary/aromatic N) is 1. The van der Waals surface area contributed by atoms with Crippen LogP contribution in [-0.2, 0) is 0 Å². The van der Waals surface area contributed by atoms with Crippen molar-refractivity contribution in [3.8, 4) is 0 Å². The third-order valence-corrected chi connectivity index (χ3v) is 3.17. The summed E-state index contributed by atoms with van der Waals surface area (Å²) in [5.41, 5.74) is 0.377. The lowest BCUT2D eigenvalue weighted by Gasteiger charge is -2.22. The van der Waals surface area contributed by atoms with Crippen LogP contribution in [0.3, 0.4) is 0 Å². The predicted octanol–water partition coefficient (Wildman–Crippen LogP) is 0.515. The lowest BCUT2D eigenvalue weighted by atomic mass is 9.91. The molecule has 2 unspecified atom stereocenters. The summed E-state index contributed by atoms with van der Waals surface area (Å²) in [6, 6.07) is 0. The van der Waals surface area contributed by atoms with Gasteiger partial charge in [0.1, 0.15) is 0 Å². The average Bonchev–Trinajstić information content (AvgIpc) is 2.20. The van der Waals surface area contributed by atoms with Crippen LogP contribution in [0.1, 0.15) is 13.3 Å². The van der Waals surface area contributed by atoms with E-state index in [2.05, 4.69) is 29.4 Å². The van der Waals surface area contributed by atoms with Gasteiger partial charge in [0.05, 0.1) is 0 Å². The maximum absolute atomic E-state index is 4.35. The van der Waals surface area contributed by atoms with Gasteiger partial charge in [-0.1, -0.05) is 12.8 Å². The smallest absolute Gasteiger partial charge is 0.0331 e. The summed E-state index contributed by atoms with van der Waals surface area (Å²) in [5, 5.41) is 3.53. The number of thiol groups is 1. The predicted molar refractivity (Wildman–Crippen MR) is 45.1 cm³/mol. The summed E-state index contributed by atoms with van der Waals surface area (Å²) in [5.74, 6) is 0.838. The van der Waals surface area contributed by atoms with Crippen molar-refractivity contribution in [3.05, 3.63) is 0 Å². The van der Waals surface area contributed by atoms with Gasteiger partial charge < -0.3 is 5.32 Å². The second kappa shape index (κ2) is 2.13. The highest BCUT2D eigenvalue weighted by Crippen LogP contribution is 2.34. The normalized spacial score (nSPS) is 48.0. The fourth-order valence-corrected chi connectivity index (χ4v) is 2.66. The lowest BCUT2D eigenvalue weighted by Crippen LogP contribution is -2.42. The SMILES string of the molecule is CC12CN(S)CC1CCN2. The Balaban J connectivity index is 2.15. The van der Waals surface area contributed by atoms with Gasteiger partial charge >= 0.3 is 0 Å². The molecule has 0 spiro atoms. The van der Waals surface area contributed by atoms with E-state index in [1.54, 1.807) is 0 Å². The van der Waals surface area contributed by atoms with Crippen LogP contribution in [0.15, 0.2) is 0 Å². The van der Waals surface area contributed by atoms with Crippen molar-refractivity contribution in [3.63, 3.8) is 0 Å². The largest absolute Gasteiger partial charge is 0.310 e. The lowest BCUT2D eigenvalue weighted by molar-refractivity contribution is 0.380. The maximum atomic E-state index is 4.35. The summed E-state index contributed by atoms with van der Waals surface area (Å²) >= 11 is 4.35. The summed E-state index contributed by atoms with van der Waals surface area (Å²) < 4.78 is 2.12. The molecule has 3 heteroatoms. The van der Waals surface area contributed by atoms with E-state index < -0.39 is 0 Å². The van der Waals surface area contributed by atoms with Gasteiger partial charge in [0.25, 0.3) is 0 Å². The molecule has 2 aliphatic rings. The molecule has 0 bridgehead atoms. The Kier molecular flexibility index (Phi) is 1.48. The first-order valence-electron chi connectivity index (χ1n) is 3.89. The van der Waals surface area contributed by atoms with Crippen molar-refractivity contribution >= 4 is 12.8 Å². The van der Waals surface area contributed by atoms with Gasteiger partial charge in [0.2, 0.25) is 0 Å². The second-order valence-electron chi connectivity index (χ2n) is 3.68. The molecule has 1 N–H and O–H groups in total. The van der Waals surface area contributed by atoms with Crippen LogP contribution in [0, 0.1) is 5.92 Å². The number of fused-ring (bicyclic) bond motifs is 1. The first kappa shape index (κ1) is 6.95. The molecule has 0 saturated carbocycles. The molecule has 10 heavy (non-hydrogen) atoms. The van der Waals surface area contributed by atoms with Gasteiger partial charge in [-0.05, 0) is 25.8 Å². The molecule has 2 rings (SSSR count). The Hall–Kier alpha value is 0.270. The summed E-state index contributed by atoms with van der Waals surface area (Å²) in [6.07, 6.45) is 1.33. The Morgan fingerprint density at radius 1 is 1.70 bits per heavy atom. The van der Waals surface area contributed by atoms with E-state index in [0.717, 1.165) is 19.0 Å². The van der Waals surface area contributed by atoms with Crippen molar-refractivity contribution in [2.45, 2.75) is 18.9 Å². The van der Waals surface area contributed by atoms with Crippen LogP contribution >= 0.6 is 12.8 Å². The van der Waals surface area contributed by atoms with Crippen LogP contribution in [0.4, 0.5) is 0 Å². The van der Waals surface area contributed by atoms with Gasteiger partial charge in [-0.25, -0.2) is 0 Å². The molecule has 2 aliphatic heterocycles. The zero-order valence-electron chi connectivity index (χ0n) is 6.30. The highest BCUT2D eigenvalue weighted by molar-refractivity contribution is 7.77. The molecule has 0 aromatic carbocycles. The molecule has 0 aromatic rings. The number of hydrogen-bond donors (Lipinski definition) is 2. The van der Waals surface area contributed by atoms with Crippen LogP contribution < -0.4 is 5.32 Å². The zero-order chi connectivity index (χ0) is 7.19. The van der Waals surface area contributed by atoms with E-state index in [1.807, 2.05) is 0 Å². The minimum atomic E-state index is 0.377. The number of hydrogen-bond acceptors (Lipinski definition) is 3. The van der Waals surface area contributed by atoms with Gasteiger partial charge in [-0.2, -0.15) is 0 Å². The van der Waals surface area contributed by atoms with E-state index in [0.29, 0.717) is 5.54 Å². The molecule has 2 saturated heterocycles. The van der Waals surface area contributed by atoms with E-state index in [4.69, 9.17) is 0 Å². The third-order valence-electron chi connectivity index (χ3n) is 2.86.